The molecule has 3 aromatic rings. The van der Waals surface area contributed by atoms with Gasteiger partial charge in [0.05, 0.1) is 17.8 Å². The van der Waals surface area contributed by atoms with Gasteiger partial charge in [0.25, 0.3) is 0 Å². The van der Waals surface area contributed by atoms with E-state index in [9.17, 15) is 4.39 Å². The summed E-state index contributed by atoms with van der Waals surface area (Å²) in [6.07, 6.45) is 6.04. The molecule has 2 unspecified atom stereocenters. The fourth-order valence-electron chi connectivity index (χ4n) is 3.58. The van der Waals surface area contributed by atoms with Crippen LogP contribution in [0.15, 0.2) is 67.1 Å². The number of nitrogens with zero attached hydrogens (tertiary/aromatic N) is 3. The fourth-order valence-corrected chi connectivity index (χ4v) is 3.92. The molecule has 1 saturated heterocycles. The van der Waals surface area contributed by atoms with Crippen LogP contribution in [0.5, 0.6) is 0 Å². The van der Waals surface area contributed by atoms with E-state index in [2.05, 4.69) is 59.0 Å². The Labute approximate surface area is 170 Å². The van der Waals surface area contributed by atoms with E-state index in [1.54, 1.807) is 18.3 Å². The second-order valence-corrected chi connectivity index (χ2v) is 8.38. The lowest BCUT2D eigenvalue weighted by Crippen LogP contribution is -2.29. The number of aromatic nitrogens is 2. The third-order valence-electron chi connectivity index (χ3n) is 5.03. The van der Waals surface area contributed by atoms with Crippen LogP contribution >= 0.6 is 12.2 Å². The van der Waals surface area contributed by atoms with Crippen molar-refractivity contribution in [2.75, 3.05) is 4.90 Å². The predicted molar refractivity (Wildman–Crippen MR) is 114 cm³/mol. The van der Waals surface area contributed by atoms with E-state index in [1.165, 1.54) is 12.1 Å². The monoisotopic (exact) mass is 394 g/mol. The Morgan fingerprint density at radius 1 is 1.07 bits per heavy atom. The third-order valence-corrected chi connectivity index (χ3v) is 5.35. The molecule has 2 atom stereocenters. The van der Waals surface area contributed by atoms with Gasteiger partial charge in [-0.15, -0.1) is 0 Å². The number of nitrogens with one attached hydrogen (secondary N) is 1. The molecule has 0 amide bonds. The van der Waals surface area contributed by atoms with Gasteiger partial charge in [-0.1, -0.05) is 6.07 Å². The molecule has 3 heterocycles. The van der Waals surface area contributed by atoms with Gasteiger partial charge in [-0.25, -0.2) is 4.39 Å². The van der Waals surface area contributed by atoms with Crippen molar-refractivity contribution in [2.45, 2.75) is 38.4 Å². The van der Waals surface area contributed by atoms with Crippen LogP contribution < -0.4 is 10.2 Å². The minimum absolute atomic E-state index is 0.0218. The highest BCUT2D eigenvalue weighted by Gasteiger charge is 2.41. The van der Waals surface area contributed by atoms with Crippen LogP contribution in [0.3, 0.4) is 0 Å². The minimum Gasteiger partial charge on any atom is -0.351 e. The summed E-state index contributed by atoms with van der Waals surface area (Å²) in [5.74, 6) is -0.265. The second kappa shape index (κ2) is 7.02. The molecule has 0 radical (unpaired) electrons. The maximum absolute atomic E-state index is 13.5. The maximum Gasteiger partial charge on any atom is 0.174 e. The number of hydrogen-bond acceptors (Lipinski definition) is 2. The first-order chi connectivity index (χ1) is 13.3. The molecule has 0 aliphatic carbocycles. The van der Waals surface area contributed by atoms with Crippen LogP contribution in [-0.2, 0) is 5.54 Å². The third kappa shape index (κ3) is 3.40. The number of thiocarbonyl (C=S) groups is 1. The summed E-state index contributed by atoms with van der Waals surface area (Å²) in [6.45, 7) is 6.51. The molecule has 2 aromatic heterocycles. The SMILES string of the molecule is CC(C)(C)n1ccc(C2C(c3ccccn3)NC(=S)N2c2ccc(F)cc2)c1. The zero-order valence-electron chi connectivity index (χ0n) is 16.1. The second-order valence-electron chi connectivity index (χ2n) is 8.00. The zero-order chi connectivity index (χ0) is 19.9. The van der Waals surface area contributed by atoms with Crippen LogP contribution in [0.25, 0.3) is 0 Å². The highest BCUT2D eigenvalue weighted by molar-refractivity contribution is 7.80. The molecule has 6 heteroatoms. The zero-order valence-corrected chi connectivity index (χ0v) is 16.9. The van der Waals surface area contributed by atoms with Crippen molar-refractivity contribution in [3.63, 3.8) is 0 Å². The summed E-state index contributed by atoms with van der Waals surface area (Å²) in [5, 5.41) is 4.03. The molecule has 1 aliphatic rings. The van der Waals surface area contributed by atoms with Gasteiger partial charge >= 0.3 is 0 Å². The Bertz CT molecular complexity index is 976. The Morgan fingerprint density at radius 3 is 2.43 bits per heavy atom. The quantitative estimate of drug-likeness (QED) is 0.637. The van der Waals surface area contributed by atoms with E-state index in [-0.39, 0.29) is 23.4 Å². The lowest BCUT2D eigenvalue weighted by atomic mass is 9.98. The standard InChI is InChI=1S/C22H23FN4S/c1-22(2,3)26-13-11-15(14-26)20-19(18-6-4-5-12-24-18)25-21(28)27(20)17-9-7-16(23)8-10-17/h4-14,19-20H,1-3H3,(H,25,28). The van der Waals surface area contributed by atoms with Crippen LogP contribution in [0.2, 0.25) is 0 Å². The summed E-state index contributed by atoms with van der Waals surface area (Å²) in [4.78, 5) is 6.61. The number of pyridine rings is 1. The first-order valence-electron chi connectivity index (χ1n) is 9.29. The van der Waals surface area contributed by atoms with Gasteiger partial charge in [-0.3, -0.25) is 4.98 Å². The van der Waals surface area contributed by atoms with Crippen LogP contribution in [-0.4, -0.2) is 14.7 Å². The summed E-state index contributed by atoms with van der Waals surface area (Å²) < 4.78 is 15.7. The van der Waals surface area contributed by atoms with E-state index in [1.807, 2.05) is 18.2 Å². The maximum atomic E-state index is 13.5. The predicted octanol–water partition coefficient (Wildman–Crippen LogP) is 4.95. The van der Waals surface area contributed by atoms with Gasteiger partial charge in [0.2, 0.25) is 0 Å². The number of rotatable bonds is 3. The molecule has 1 aromatic carbocycles. The average molecular weight is 395 g/mol. The minimum atomic E-state index is -0.265. The lowest BCUT2D eigenvalue weighted by Gasteiger charge is -2.27. The van der Waals surface area contributed by atoms with Gasteiger partial charge in [0, 0.05) is 29.8 Å². The van der Waals surface area contributed by atoms with E-state index >= 15 is 0 Å². The molecule has 1 aliphatic heterocycles. The summed E-state index contributed by atoms with van der Waals surface area (Å²) in [5.41, 5.74) is 2.88. The largest absolute Gasteiger partial charge is 0.351 e. The Kier molecular flexibility index (Phi) is 4.67. The Balaban J connectivity index is 1.81. The topological polar surface area (TPSA) is 33.1 Å². The highest BCUT2D eigenvalue weighted by Crippen LogP contribution is 2.41. The van der Waals surface area contributed by atoms with E-state index in [0.717, 1.165) is 16.9 Å². The van der Waals surface area contributed by atoms with E-state index in [4.69, 9.17) is 12.2 Å². The molecule has 4 rings (SSSR count). The molecular formula is C22H23FN4S. The molecule has 28 heavy (non-hydrogen) atoms. The van der Waals surface area contributed by atoms with Crippen LogP contribution in [0, 0.1) is 5.82 Å². The van der Waals surface area contributed by atoms with Gasteiger partial charge in [-0.2, -0.15) is 0 Å². The molecule has 0 saturated carbocycles. The number of benzene rings is 1. The van der Waals surface area contributed by atoms with Gasteiger partial charge in [0.1, 0.15) is 5.82 Å². The van der Waals surface area contributed by atoms with Gasteiger partial charge in [0.15, 0.2) is 5.11 Å². The smallest absolute Gasteiger partial charge is 0.174 e. The van der Waals surface area contributed by atoms with Crippen molar-refractivity contribution in [1.29, 1.82) is 0 Å². The Hall–Kier alpha value is -2.73. The van der Waals surface area contributed by atoms with Crippen LogP contribution in [0.1, 0.15) is 44.1 Å². The average Bonchev–Trinajstić information content (AvgIpc) is 3.28. The van der Waals surface area contributed by atoms with E-state index in [0.29, 0.717) is 5.11 Å². The van der Waals surface area contributed by atoms with Crippen molar-refractivity contribution >= 4 is 23.0 Å². The van der Waals surface area contributed by atoms with Crippen molar-refractivity contribution in [1.82, 2.24) is 14.9 Å². The van der Waals surface area contributed by atoms with Crippen molar-refractivity contribution in [2.24, 2.45) is 0 Å². The molecule has 0 bridgehead atoms. The molecular weight excluding hydrogens is 371 g/mol. The Morgan fingerprint density at radius 2 is 1.82 bits per heavy atom. The molecule has 4 nitrogen and oxygen atoms in total. The first-order valence-corrected chi connectivity index (χ1v) is 9.70. The van der Waals surface area contributed by atoms with Crippen molar-refractivity contribution in [3.8, 4) is 0 Å². The number of anilines is 1. The van der Waals surface area contributed by atoms with Gasteiger partial charge < -0.3 is 14.8 Å². The van der Waals surface area contributed by atoms with E-state index < -0.39 is 0 Å². The van der Waals surface area contributed by atoms with Crippen molar-refractivity contribution in [3.05, 3.63) is 84.2 Å². The summed E-state index contributed by atoms with van der Waals surface area (Å²) in [6, 6.07) is 14.3. The highest BCUT2D eigenvalue weighted by atomic mass is 32.1. The summed E-state index contributed by atoms with van der Waals surface area (Å²) >= 11 is 5.68. The first kappa shape index (κ1) is 18.6. The van der Waals surface area contributed by atoms with Crippen LogP contribution in [0.4, 0.5) is 10.1 Å². The molecule has 1 N–H and O–H groups in total. The number of halogens is 1. The number of hydrogen-bond donors (Lipinski definition) is 1. The lowest BCUT2D eigenvalue weighted by molar-refractivity contribution is 0.397. The molecule has 0 spiro atoms. The fraction of sp³-hybridized carbons (Fsp3) is 0.273. The molecule has 1 fully saturated rings. The van der Waals surface area contributed by atoms with Gasteiger partial charge in [-0.05, 0) is 81.0 Å². The normalized spacial score (nSPS) is 19.7. The molecule has 144 valence electrons. The van der Waals surface area contributed by atoms with Crippen molar-refractivity contribution < 1.29 is 4.39 Å². The summed E-state index contributed by atoms with van der Waals surface area (Å²) in [7, 11) is 0.